The van der Waals surface area contributed by atoms with Crippen molar-refractivity contribution >= 4 is 33.7 Å². The van der Waals surface area contributed by atoms with Crippen molar-refractivity contribution < 1.29 is 4.74 Å². The summed E-state index contributed by atoms with van der Waals surface area (Å²) >= 11 is 5.34. The standard InChI is InChI=1S/C16H24BrN3OS/c1-18-16(20-8-2-3-9-20)19-7-11-22-12-10-21-15-6-4-5-14(17)13-15/h4-6,13H,2-3,7-12H2,1H3,(H,18,19). The third kappa shape index (κ3) is 6.08. The lowest BCUT2D eigenvalue weighted by Gasteiger charge is -2.20. The van der Waals surface area contributed by atoms with Crippen LogP contribution in [0.15, 0.2) is 33.7 Å². The number of benzene rings is 1. The van der Waals surface area contributed by atoms with E-state index in [9.17, 15) is 0 Å². The van der Waals surface area contributed by atoms with E-state index >= 15 is 0 Å². The summed E-state index contributed by atoms with van der Waals surface area (Å²) in [4.78, 5) is 6.68. The van der Waals surface area contributed by atoms with E-state index in [0.29, 0.717) is 0 Å². The predicted octanol–water partition coefficient (Wildman–Crippen LogP) is 3.23. The topological polar surface area (TPSA) is 36.9 Å². The SMILES string of the molecule is CN=C(NCCSCCOc1cccc(Br)c1)N1CCCC1. The minimum Gasteiger partial charge on any atom is -0.493 e. The summed E-state index contributed by atoms with van der Waals surface area (Å²) in [6.07, 6.45) is 2.56. The monoisotopic (exact) mass is 385 g/mol. The summed E-state index contributed by atoms with van der Waals surface area (Å²) in [5, 5.41) is 3.44. The molecule has 0 saturated carbocycles. The molecule has 1 aliphatic rings. The first-order valence-electron chi connectivity index (χ1n) is 7.71. The van der Waals surface area contributed by atoms with Crippen molar-refractivity contribution in [3.05, 3.63) is 28.7 Å². The molecule has 0 amide bonds. The summed E-state index contributed by atoms with van der Waals surface area (Å²) in [5.41, 5.74) is 0. The van der Waals surface area contributed by atoms with E-state index < -0.39 is 0 Å². The molecule has 0 atom stereocenters. The van der Waals surface area contributed by atoms with Gasteiger partial charge in [-0.15, -0.1) is 0 Å². The Kier molecular flexibility index (Phi) is 7.94. The van der Waals surface area contributed by atoms with Crippen LogP contribution in [-0.2, 0) is 0 Å². The number of aliphatic imine (C=N–C) groups is 1. The molecule has 0 unspecified atom stereocenters. The van der Waals surface area contributed by atoms with Gasteiger partial charge in [-0.2, -0.15) is 11.8 Å². The van der Waals surface area contributed by atoms with Gasteiger partial charge in [0.25, 0.3) is 0 Å². The Bertz CT molecular complexity index is 478. The van der Waals surface area contributed by atoms with Crippen LogP contribution in [0.25, 0.3) is 0 Å². The zero-order valence-corrected chi connectivity index (χ0v) is 15.5. The van der Waals surface area contributed by atoms with Crippen LogP contribution in [0.3, 0.4) is 0 Å². The van der Waals surface area contributed by atoms with Crippen LogP contribution in [0.5, 0.6) is 5.75 Å². The molecular formula is C16H24BrN3OS. The average molecular weight is 386 g/mol. The summed E-state index contributed by atoms with van der Waals surface area (Å²) in [6.45, 7) is 3.95. The molecule has 4 nitrogen and oxygen atoms in total. The van der Waals surface area contributed by atoms with Gasteiger partial charge in [-0.1, -0.05) is 22.0 Å². The van der Waals surface area contributed by atoms with Gasteiger partial charge in [0.15, 0.2) is 5.96 Å². The van der Waals surface area contributed by atoms with Crippen molar-refractivity contribution in [2.24, 2.45) is 4.99 Å². The van der Waals surface area contributed by atoms with Crippen molar-refractivity contribution in [3.8, 4) is 5.75 Å². The van der Waals surface area contributed by atoms with Crippen molar-refractivity contribution in [2.45, 2.75) is 12.8 Å². The number of likely N-dealkylation sites (tertiary alicyclic amines) is 1. The highest BCUT2D eigenvalue weighted by molar-refractivity contribution is 9.10. The molecule has 0 aliphatic carbocycles. The fraction of sp³-hybridized carbons (Fsp3) is 0.562. The first-order chi connectivity index (χ1) is 10.8. The normalized spacial score (nSPS) is 15.2. The highest BCUT2D eigenvalue weighted by Crippen LogP contribution is 2.17. The van der Waals surface area contributed by atoms with E-state index in [1.807, 2.05) is 43.1 Å². The molecule has 1 aromatic rings. The minimum atomic E-state index is 0.738. The molecule has 1 aromatic carbocycles. The maximum absolute atomic E-state index is 5.71. The van der Waals surface area contributed by atoms with Gasteiger partial charge in [0, 0.05) is 42.7 Å². The van der Waals surface area contributed by atoms with Gasteiger partial charge >= 0.3 is 0 Å². The summed E-state index contributed by atoms with van der Waals surface area (Å²) < 4.78 is 6.76. The molecule has 22 heavy (non-hydrogen) atoms. The van der Waals surface area contributed by atoms with Gasteiger partial charge in [-0.3, -0.25) is 4.99 Å². The Labute approximate surface area is 145 Å². The third-order valence-corrected chi connectivity index (χ3v) is 4.88. The lowest BCUT2D eigenvalue weighted by molar-refractivity contribution is 0.344. The van der Waals surface area contributed by atoms with Crippen LogP contribution in [-0.4, -0.2) is 55.7 Å². The Morgan fingerprint density at radius 3 is 2.91 bits per heavy atom. The number of nitrogens with zero attached hydrogens (tertiary/aromatic N) is 2. The quantitative estimate of drug-likeness (QED) is 0.444. The molecule has 0 spiro atoms. The van der Waals surface area contributed by atoms with Gasteiger partial charge in [-0.05, 0) is 31.0 Å². The molecule has 1 fully saturated rings. The molecule has 0 aromatic heterocycles. The lowest BCUT2D eigenvalue weighted by atomic mass is 10.3. The van der Waals surface area contributed by atoms with Gasteiger partial charge in [0.2, 0.25) is 0 Å². The molecule has 1 aliphatic heterocycles. The smallest absolute Gasteiger partial charge is 0.193 e. The highest BCUT2D eigenvalue weighted by Gasteiger charge is 2.14. The second-order valence-electron chi connectivity index (χ2n) is 5.09. The first kappa shape index (κ1) is 17.5. The number of ether oxygens (including phenoxy) is 1. The number of hydrogen-bond donors (Lipinski definition) is 1. The van der Waals surface area contributed by atoms with Gasteiger partial charge in [0.05, 0.1) is 6.61 Å². The molecule has 1 saturated heterocycles. The van der Waals surface area contributed by atoms with Crippen LogP contribution < -0.4 is 10.1 Å². The van der Waals surface area contributed by atoms with E-state index in [4.69, 9.17) is 4.74 Å². The van der Waals surface area contributed by atoms with Crippen molar-refractivity contribution in [2.75, 3.05) is 44.8 Å². The molecule has 122 valence electrons. The van der Waals surface area contributed by atoms with Crippen LogP contribution in [0.2, 0.25) is 0 Å². The Hall–Kier alpha value is -0.880. The molecule has 1 heterocycles. The molecular weight excluding hydrogens is 362 g/mol. The van der Waals surface area contributed by atoms with Crippen LogP contribution in [0, 0.1) is 0 Å². The maximum atomic E-state index is 5.71. The number of halogens is 1. The summed E-state index contributed by atoms with van der Waals surface area (Å²) in [6, 6.07) is 7.96. The molecule has 0 radical (unpaired) electrons. The van der Waals surface area contributed by atoms with Crippen molar-refractivity contribution in [1.82, 2.24) is 10.2 Å². The largest absolute Gasteiger partial charge is 0.493 e. The van der Waals surface area contributed by atoms with Gasteiger partial charge in [-0.25, -0.2) is 0 Å². The van der Waals surface area contributed by atoms with Crippen LogP contribution in [0.1, 0.15) is 12.8 Å². The molecule has 0 bridgehead atoms. The van der Waals surface area contributed by atoms with Crippen molar-refractivity contribution in [1.29, 1.82) is 0 Å². The first-order valence-corrected chi connectivity index (χ1v) is 9.66. The van der Waals surface area contributed by atoms with E-state index in [-0.39, 0.29) is 0 Å². The van der Waals surface area contributed by atoms with Crippen LogP contribution >= 0.6 is 27.7 Å². The molecule has 6 heteroatoms. The zero-order valence-electron chi connectivity index (χ0n) is 13.1. The molecule has 2 rings (SSSR count). The van der Waals surface area contributed by atoms with E-state index in [1.54, 1.807) is 0 Å². The minimum absolute atomic E-state index is 0.738. The third-order valence-electron chi connectivity index (χ3n) is 3.44. The van der Waals surface area contributed by atoms with E-state index in [1.165, 1.54) is 12.8 Å². The fourth-order valence-corrected chi connectivity index (χ4v) is 3.40. The number of rotatable bonds is 7. The number of nitrogens with one attached hydrogen (secondary N) is 1. The van der Waals surface area contributed by atoms with E-state index in [2.05, 4.69) is 31.1 Å². The zero-order chi connectivity index (χ0) is 15.6. The van der Waals surface area contributed by atoms with Crippen molar-refractivity contribution in [3.63, 3.8) is 0 Å². The molecule has 1 N–H and O–H groups in total. The number of thioether (sulfide) groups is 1. The maximum Gasteiger partial charge on any atom is 0.193 e. The van der Waals surface area contributed by atoms with Gasteiger partial charge in [0.1, 0.15) is 5.75 Å². The lowest BCUT2D eigenvalue weighted by Crippen LogP contribution is -2.40. The Morgan fingerprint density at radius 2 is 2.18 bits per heavy atom. The second kappa shape index (κ2) is 10.0. The average Bonchev–Trinajstić information content (AvgIpc) is 3.04. The number of guanidine groups is 1. The van der Waals surface area contributed by atoms with E-state index in [0.717, 1.165) is 53.9 Å². The fourth-order valence-electron chi connectivity index (χ4n) is 2.37. The van der Waals surface area contributed by atoms with Crippen LogP contribution in [0.4, 0.5) is 0 Å². The Morgan fingerprint density at radius 1 is 1.36 bits per heavy atom. The number of hydrogen-bond acceptors (Lipinski definition) is 3. The summed E-state index contributed by atoms with van der Waals surface area (Å²) in [5.74, 6) is 4.02. The Balaban J connectivity index is 1.52. The summed E-state index contributed by atoms with van der Waals surface area (Å²) in [7, 11) is 1.86. The predicted molar refractivity (Wildman–Crippen MR) is 99.1 cm³/mol. The highest BCUT2D eigenvalue weighted by atomic mass is 79.9. The van der Waals surface area contributed by atoms with Gasteiger partial charge < -0.3 is 15.0 Å². The second-order valence-corrected chi connectivity index (χ2v) is 7.23.